The second kappa shape index (κ2) is 8.99. The first-order valence-electron chi connectivity index (χ1n) is 9.03. The van der Waals surface area contributed by atoms with Crippen molar-refractivity contribution in [2.75, 3.05) is 24.3 Å². The van der Waals surface area contributed by atoms with Gasteiger partial charge in [0.25, 0.3) is 10.0 Å². The van der Waals surface area contributed by atoms with Crippen LogP contribution in [0.2, 0.25) is 9.36 Å². The number of methoxy groups -OCH3 is 2. The molecule has 12 heteroatoms. The van der Waals surface area contributed by atoms with E-state index in [0.717, 1.165) is 11.3 Å². The highest BCUT2D eigenvalue weighted by Crippen LogP contribution is 2.36. The Morgan fingerprint density at radius 3 is 2.03 bits per heavy atom. The van der Waals surface area contributed by atoms with Crippen LogP contribution in [0.15, 0.2) is 52.7 Å². The molecule has 0 aliphatic heterocycles. The number of nitrogens with zero attached hydrogens (tertiary/aromatic N) is 2. The quantitative estimate of drug-likeness (QED) is 0.335. The summed E-state index contributed by atoms with van der Waals surface area (Å²) in [6, 6.07) is 13.5. The lowest BCUT2D eigenvalue weighted by Crippen LogP contribution is -2.15. The SMILES string of the molecule is COc1cc(Nc2nc3ccccc3nc2NS(=O)(=O)c2cc(Cl)c(Cl)s2)cc(OC)c1. The van der Waals surface area contributed by atoms with Gasteiger partial charge in [0.05, 0.1) is 30.3 Å². The van der Waals surface area contributed by atoms with Crippen LogP contribution in [0.25, 0.3) is 11.0 Å². The van der Waals surface area contributed by atoms with Gasteiger partial charge in [-0.1, -0.05) is 35.3 Å². The third kappa shape index (κ3) is 4.68. The second-order valence-corrected chi connectivity index (χ2v) is 10.4. The van der Waals surface area contributed by atoms with E-state index >= 15 is 0 Å². The third-order valence-corrected chi connectivity index (χ3v) is 7.98. The molecule has 8 nitrogen and oxygen atoms in total. The molecule has 4 rings (SSSR count). The maximum Gasteiger partial charge on any atom is 0.272 e. The minimum atomic E-state index is -4.02. The lowest BCUT2D eigenvalue weighted by atomic mass is 10.2. The van der Waals surface area contributed by atoms with Crippen LogP contribution in [0.5, 0.6) is 11.5 Å². The number of fused-ring (bicyclic) bond motifs is 1. The van der Waals surface area contributed by atoms with Crippen molar-refractivity contribution < 1.29 is 17.9 Å². The van der Waals surface area contributed by atoms with Crippen molar-refractivity contribution in [1.29, 1.82) is 0 Å². The number of sulfonamides is 1. The molecule has 0 aliphatic carbocycles. The maximum absolute atomic E-state index is 13.0. The molecule has 2 N–H and O–H groups in total. The van der Waals surface area contributed by atoms with E-state index in [4.69, 9.17) is 32.7 Å². The molecule has 0 atom stereocenters. The molecule has 2 heterocycles. The average Bonchev–Trinajstić information content (AvgIpc) is 3.13. The fourth-order valence-corrected chi connectivity index (χ4v) is 5.70. The van der Waals surface area contributed by atoms with Gasteiger partial charge in [-0.3, -0.25) is 4.72 Å². The zero-order chi connectivity index (χ0) is 22.9. The molecular formula is C20H16Cl2N4O4S2. The highest BCUT2D eigenvalue weighted by molar-refractivity contribution is 7.94. The highest BCUT2D eigenvalue weighted by atomic mass is 35.5. The predicted molar refractivity (Wildman–Crippen MR) is 128 cm³/mol. The topological polar surface area (TPSA) is 102 Å². The highest BCUT2D eigenvalue weighted by Gasteiger charge is 2.22. The molecule has 32 heavy (non-hydrogen) atoms. The van der Waals surface area contributed by atoms with E-state index in [2.05, 4.69) is 20.0 Å². The van der Waals surface area contributed by atoms with Gasteiger partial charge in [0.2, 0.25) is 0 Å². The number of ether oxygens (including phenoxy) is 2. The summed E-state index contributed by atoms with van der Waals surface area (Å²) in [6.07, 6.45) is 0. The molecule has 0 bridgehead atoms. The Labute approximate surface area is 198 Å². The summed E-state index contributed by atoms with van der Waals surface area (Å²) >= 11 is 12.7. The van der Waals surface area contributed by atoms with Crippen molar-refractivity contribution in [2.45, 2.75) is 4.21 Å². The maximum atomic E-state index is 13.0. The van der Waals surface area contributed by atoms with Crippen molar-refractivity contribution in [3.05, 3.63) is 57.9 Å². The molecule has 0 spiro atoms. The molecule has 0 saturated carbocycles. The third-order valence-electron chi connectivity index (χ3n) is 4.30. The molecule has 166 valence electrons. The van der Waals surface area contributed by atoms with Crippen molar-refractivity contribution in [2.24, 2.45) is 0 Å². The number of benzene rings is 2. The van der Waals surface area contributed by atoms with E-state index < -0.39 is 10.0 Å². The van der Waals surface area contributed by atoms with E-state index in [-0.39, 0.29) is 25.2 Å². The molecule has 4 aromatic rings. The van der Waals surface area contributed by atoms with E-state index in [1.54, 1.807) is 36.4 Å². The van der Waals surface area contributed by atoms with Gasteiger partial charge in [-0.05, 0) is 18.2 Å². The van der Waals surface area contributed by atoms with E-state index in [9.17, 15) is 8.42 Å². The van der Waals surface area contributed by atoms with Crippen LogP contribution in [-0.2, 0) is 10.0 Å². The Balaban J connectivity index is 1.79. The number of anilines is 3. The van der Waals surface area contributed by atoms with E-state index in [1.807, 2.05) is 6.07 Å². The van der Waals surface area contributed by atoms with Crippen LogP contribution < -0.4 is 19.5 Å². The molecule has 0 saturated heterocycles. The summed E-state index contributed by atoms with van der Waals surface area (Å²) in [7, 11) is -0.950. The van der Waals surface area contributed by atoms with Crippen molar-refractivity contribution in [3.63, 3.8) is 0 Å². The standard InChI is InChI=1S/C20H16Cl2N4O4S2/c1-29-12-7-11(8-13(9-12)30-2)23-19-20(25-16-6-4-3-5-15(16)24-19)26-32(27,28)17-10-14(21)18(22)31-17/h3-10H,1-2H3,(H,23,24)(H,25,26). The summed E-state index contributed by atoms with van der Waals surface area (Å²) in [5.41, 5.74) is 1.66. The fraction of sp³-hybridized carbons (Fsp3) is 0.100. The number of aromatic nitrogens is 2. The van der Waals surface area contributed by atoms with Crippen LogP contribution >= 0.6 is 34.5 Å². The first kappa shape index (κ1) is 22.4. The van der Waals surface area contributed by atoms with Crippen LogP contribution in [0, 0.1) is 0 Å². The molecule has 2 aromatic carbocycles. The molecular weight excluding hydrogens is 495 g/mol. The summed E-state index contributed by atoms with van der Waals surface area (Å²) in [5.74, 6) is 1.29. The van der Waals surface area contributed by atoms with Gasteiger partial charge in [-0.2, -0.15) is 0 Å². The summed E-state index contributed by atoms with van der Waals surface area (Å²) in [6.45, 7) is 0. The molecule has 0 aliphatic rings. The first-order valence-corrected chi connectivity index (χ1v) is 12.1. The smallest absolute Gasteiger partial charge is 0.272 e. The minimum Gasteiger partial charge on any atom is -0.497 e. The normalized spacial score (nSPS) is 11.4. The Bertz CT molecular complexity index is 1370. The van der Waals surface area contributed by atoms with Gasteiger partial charge in [0, 0.05) is 23.9 Å². The van der Waals surface area contributed by atoms with Gasteiger partial charge in [0.15, 0.2) is 11.6 Å². The minimum absolute atomic E-state index is 0.00568. The molecule has 0 fully saturated rings. The summed E-state index contributed by atoms with van der Waals surface area (Å²) < 4.78 is 39.1. The van der Waals surface area contributed by atoms with Crippen LogP contribution in [0.4, 0.5) is 17.3 Å². The summed E-state index contributed by atoms with van der Waals surface area (Å²) in [5, 5.41) is 3.25. The largest absolute Gasteiger partial charge is 0.497 e. The monoisotopic (exact) mass is 510 g/mol. The van der Waals surface area contributed by atoms with Crippen molar-refractivity contribution >= 4 is 72.9 Å². The van der Waals surface area contributed by atoms with Gasteiger partial charge in [0.1, 0.15) is 20.0 Å². The Morgan fingerprint density at radius 2 is 1.50 bits per heavy atom. The molecule has 0 unspecified atom stereocenters. The van der Waals surface area contributed by atoms with Gasteiger partial charge in [-0.25, -0.2) is 18.4 Å². The molecule has 0 amide bonds. The lowest BCUT2D eigenvalue weighted by molar-refractivity contribution is 0.395. The second-order valence-electron chi connectivity index (χ2n) is 6.43. The van der Waals surface area contributed by atoms with Crippen molar-refractivity contribution in [3.8, 4) is 11.5 Å². The van der Waals surface area contributed by atoms with E-state index in [1.165, 1.54) is 20.3 Å². The number of halogens is 2. The molecule has 0 radical (unpaired) electrons. The van der Waals surface area contributed by atoms with E-state index in [0.29, 0.717) is 28.2 Å². The van der Waals surface area contributed by atoms with Crippen LogP contribution in [0.1, 0.15) is 0 Å². The van der Waals surface area contributed by atoms with Crippen LogP contribution in [-0.4, -0.2) is 32.6 Å². The fourth-order valence-electron chi connectivity index (χ4n) is 2.81. The number of rotatable bonds is 7. The average molecular weight is 511 g/mol. The van der Waals surface area contributed by atoms with Crippen molar-refractivity contribution in [1.82, 2.24) is 9.97 Å². The lowest BCUT2D eigenvalue weighted by Gasteiger charge is -2.14. The molecule has 2 aromatic heterocycles. The Morgan fingerprint density at radius 1 is 0.906 bits per heavy atom. The number of hydrogen-bond acceptors (Lipinski definition) is 8. The van der Waals surface area contributed by atoms with Gasteiger partial charge >= 0.3 is 0 Å². The van der Waals surface area contributed by atoms with Gasteiger partial charge in [-0.15, -0.1) is 11.3 Å². The zero-order valence-electron chi connectivity index (χ0n) is 16.7. The van der Waals surface area contributed by atoms with Crippen LogP contribution in [0.3, 0.4) is 0 Å². The number of hydrogen-bond donors (Lipinski definition) is 2. The summed E-state index contributed by atoms with van der Waals surface area (Å²) in [4.78, 5) is 9.01. The Hall–Kier alpha value is -2.79. The number of para-hydroxylation sites is 2. The number of nitrogens with one attached hydrogen (secondary N) is 2. The Kier molecular flexibility index (Phi) is 6.29. The van der Waals surface area contributed by atoms with Gasteiger partial charge < -0.3 is 14.8 Å². The number of thiophene rings is 1. The first-order chi connectivity index (χ1) is 15.3. The zero-order valence-corrected chi connectivity index (χ0v) is 19.9. The predicted octanol–water partition coefficient (Wildman–Crippen LogP) is 5.56.